The van der Waals surface area contributed by atoms with Gasteiger partial charge in [0.15, 0.2) is 0 Å². The molecule has 1 heterocycles. The average Bonchev–Trinajstić information content (AvgIpc) is 2.76. The lowest BCUT2D eigenvalue weighted by Gasteiger charge is -2.40. The monoisotopic (exact) mass is 247 g/mol. The molecule has 1 saturated carbocycles. The van der Waals surface area contributed by atoms with Crippen molar-refractivity contribution in [1.82, 2.24) is 5.32 Å². The molecule has 0 bridgehead atoms. The molecule has 0 radical (unpaired) electrons. The molecule has 2 aliphatic rings. The SMILES string of the molecule is COC1(CNCC2COc3ccccc32)CCC1. The minimum absolute atomic E-state index is 0.110. The largest absolute Gasteiger partial charge is 0.493 e. The van der Waals surface area contributed by atoms with E-state index in [0.29, 0.717) is 5.92 Å². The number of benzene rings is 1. The molecular weight excluding hydrogens is 226 g/mol. The van der Waals surface area contributed by atoms with Gasteiger partial charge in [0, 0.05) is 31.7 Å². The van der Waals surface area contributed by atoms with E-state index in [9.17, 15) is 0 Å². The summed E-state index contributed by atoms with van der Waals surface area (Å²) < 4.78 is 11.3. The first-order valence-corrected chi connectivity index (χ1v) is 6.81. The van der Waals surface area contributed by atoms with Crippen LogP contribution in [0.5, 0.6) is 5.75 Å². The Bertz CT molecular complexity index is 409. The van der Waals surface area contributed by atoms with Crippen LogP contribution in [0.15, 0.2) is 24.3 Å². The van der Waals surface area contributed by atoms with Crippen molar-refractivity contribution in [3.8, 4) is 5.75 Å². The third-order valence-electron chi connectivity index (χ3n) is 4.33. The van der Waals surface area contributed by atoms with E-state index >= 15 is 0 Å². The number of fused-ring (bicyclic) bond motifs is 1. The molecule has 1 aliphatic carbocycles. The Morgan fingerprint density at radius 2 is 2.22 bits per heavy atom. The van der Waals surface area contributed by atoms with E-state index in [0.717, 1.165) is 25.4 Å². The average molecular weight is 247 g/mol. The van der Waals surface area contributed by atoms with Crippen LogP contribution in [-0.4, -0.2) is 32.4 Å². The summed E-state index contributed by atoms with van der Waals surface area (Å²) in [5.41, 5.74) is 1.45. The number of ether oxygens (including phenoxy) is 2. The van der Waals surface area contributed by atoms with Crippen LogP contribution in [0.2, 0.25) is 0 Å². The molecular formula is C15H21NO2. The highest BCUT2D eigenvalue weighted by Gasteiger charge is 2.36. The Balaban J connectivity index is 1.53. The molecule has 1 fully saturated rings. The van der Waals surface area contributed by atoms with Crippen LogP contribution < -0.4 is 10.1 Å². The van der Waals surface area contributed by atoms with Gasteiger partial charge in [0.25, 0.3) is 0 Å². The first kappa shape index (κ1) is 12.0. The summed E-state index contributed by atoms with van der Waals surface area (Å²) in [5, 5.41) is 3.56. The molecule has 1 unspecified atom stereocenters. The topological polar surface area (TPSA) is 30.5 Å². The van der Waals surface area contributed by atoms with Crippen molar-refractivity contribution >= 4 is 0 Å². The number of para-hydroxylation sites is 1. The maximum atomic E-state index is 5.69. The van der Waals surface area contributed by atoms with Gasteiger partial charge in [-0.15, -0.1) is 0 Å². The van der Waals surface area contributed by atoms with E-state index in [-0.39, 0.29) is 5.60 Å². The van der Waals surface area contributed by atoms with Crippen LogP contribution in [0.4, 0.5) is 0 Å². The van der Waals surface area contributed by atoms with Gasteiger partial charge in [0.05, 0.1) is 12.2 Å². The highest BCUT2D eigenvalue weighted by Crippen LogP contribution is 2.35. The van der Waals surface area contributed by atoms with Gasteiger partial charge in [-0.25, -0.2) is 0 Å². The molecule has 1 N–H and O–H groups in total. The summed E-state index contributed by atoms with van der Waals surface area (Å²) in [5.74, 6) is 1.53. The van der Waals surface area contributed by atoms with Gasteiger partial charge >= 0.3 is 0 Å². The van der Waals surface area contributed by atoms with Crippen molar-refractivity contribution in [3.05, 3.63) is 29.8 Å². The molecule has 3 nitrogen and oxygen atoms in total. The molecule has 1 aromatic carbocycles. The summed E-state index contributed by atoms with van der Waals surface area (Å²) >= 11 is 0. The second-order valence-electron chi connectivity index (χ2n) is 5.42. The van der Waals surface area contributed by atoms with E-state index in [1.807, 2.05) is 13.2 Å². The summed E-state index contributed by atoms with van der Waals surface area (Å²) in [6.07, 6.45) is 3.67. The zero-order valence-corrected chi connectivity index (χ0v) is 10.9. The first-order valence-electron chi connectivity index (χ1n) is 6.81. The number of nitrogens with one attached hydrogen (secondary N) is 1. The third kappa shape index (κ3) is 2.13. The van der Waals surface area contributed by atoms with Crippen LogP contribution in [0.25, 0.3) is 0 Å². The van der Waals surface area contributed by atoms with Gasteiger partial charge in [-0.3, -0.25) is 0 Å². The molecule has 1 aromatic rings. The van der Waals surface area contributed by atoms with Crippen LogP contribution in [0, 0.1) is 0 Å². The van der Waals surface area contributed by atoms with Crippen LogP contribution in [-0.2, 0) is 4.74 Å². The minimum Gasteiger partial charge on any atom is -0.493 e. The van der Waals surface area contributed by atoms with Crippen molar-refractivity contribution in [2.24, 2.45) is 0 Å². The fraction of sp³-hybridized carbons (Fsp3) is 0.600. The molecule has 3 heteroatoms. The Morgan fingerprint density at radius 1 is 1.39 bits per heavy atom. The normalized spacial score (nSPS) is 24.2. The first-order chi connectivity index (χ1) is 8.83. The van der Waals surface area contributed by atoms with E-state index in [1.54, 1.807) is 0 Å². The van der Waals surface area contributed by atoms with E-state index < -0.39 is 0 Å². The highest BCUT2D eigenvalue weighted by atomic mass is 16.5. The van der Waals surface area contributed by atoms with Crippen LogP contribution >= 0.6 is 0 Å². The number of hydrogen-bond acceptors (Lipinski definition) is 3. The van der Waals surface area contributed by atoms with Crippen LogP contribution in [0.1, 0.15) is 30.7 Å². The van der Waals surface area contributed by atoms with Gasteiger partial charge in [-0.05, 0) is 25.3 Å². The number of methoxy groups -OCH3 is 1. The van der Waals surface area contributed by atoms with E-state index in [1.165, 1.54) is 24.8 Å². The second-order valence-corrected chi connectivity index (χ2v) is 5.42. The van der Waals surface area contributed by atoms with E-state index in [2.05, 4.69) is 23.5 Å². The summed E-state index contributed by atoms with van der Waals surface area (Å²) in [4.78, 5) is 0. The molecule has 0 aromatic heterocycles. The smallest absolute Gasteiger partial charge is 0.122 e. The second kappa shape index (κ2) is 4.90. The molecule has 1 aliphatic heterocycles. The van der Waals surface area contributed by atoms with Gasteiger partial charge < -0.3 is 14.8 Å². The fourth-order valence-electron chi connectivity index (χ4n) is 2.90. The Morgan fingerprint density at radius 3 is 2.94 bits per heavy atom. The molecule has 98 valence electrons. The highest BCUT2D eigenvalue weighted by molar-refractivity contribution is 5.39. The lowest BCUT2D eigenvalue weighted by molar-refractivity contribution is -0.0694. The summed E-state index contributed by atoms with van der Waals surface area (Å²) in [6.45, 7) is 2.73. The van der Waals surface area contributed by atoms with Gasteiger partial charge in [-0.1, -0.05) is 18.2 Å². The maximum absolute atomic E-state index is 5.69. The maximum Gasteiger partial charge on any atom is 0.122 e. The van der Waals surface area contributed by atoms with Crippen molar-refractivity contribution in [2.45, 2.75) is 30.8 Å². The van der Waals surface area contributed by atoms with E-state index in [4.69, 9.17) is 9.47 Å². The Labute approximate surface area is 108 Å². The van der Waals surface area contributed by atoms with Crippen molar-refractivity contribution < 1.29 is 9.47 Å². The van der Waals surface area contributed by atoms with Gasteiger partial charge in [0.2, 0.25) is 0 Å². The van der Waals surface area contributed by atoms with Gasteiger partial charge in [0.1, 0.15) is 5.75 Å². The zero-order chi connectivity index (χ0) is 12.4. The molecule has 3 rings (SSSR count). The Kier molecular flexibility index (Phi) is 3.27. The predicted octanol–water partition coefficient (Wildman–Crippen LogP) is 2.32. The molecule has 0 spiro atoms. The Hall–Kier alpha value is -1.06. The zero-order valence-electron chi connectivity index (χ0n) is 10.9. The minimum atomic E-state index is 0.110. The summed E-state index contributed by atoms with van der Waals surface area (Å²) in [7, 11) is 1.83. The fourth-order valence-corrected chi connectivity index (χ4v) is 2.90. The molecule has 0 amide bonds. The summed E-state index contributed by atoms with van der Waals surface area (Å²) in [6, 6.07) is 8.34. The molecule has 0 saturated heterocycles. The van der Waals surface area contributed by atoms with Crippen LogP contribution in [0.3, 0.4) is 0 Å². The lowest BCUT2D eigenvalue weighted by Crippen LogP contribution is -2.48. The molecule has 1 atom stereocenters. The third-order valence-corrected chi connectivity index (χ3v) is 4.33. The van der Waals surface area contributed by atoms with Gasteiger partial charge in [-0.2, -0.15) is 0 Å². The van der Waals surface area contributed by atoms with Crippen molar-refractivity contribution in [3.63, 3.8) is 0 Å². The number of rotatable bonds is 5. The van der Waals surface area contributed by atoms with Crippen molar-refractivity contribution in [2.75, 3.05) is 26.8 Å². The van der Waals surface area contributed by atoms with Crippen molar-refractivity contribution in [1.29, 1.82) is 0 Å². The molecule has 18 heavy (non-hydrogen) atoms. The standard InChI is InChI=1S/C15H21NO2/c1-17-15(7-4-8-15)11-16-9-12-10-18-14-6-3-2-5-13(12)14/h2-3,5-6,12,16H,4,7-11H2,1H3. The quantitative estimate of drug-likeness (QED) is 0.866. The lowest BCUT2D eigenvalue weighted by atomic mass is 9.80. The number of hydrogen-bond donors (Lipinski definition) is 1. The predicted molar refractivity (Wildman–Crippen MR) is 71.1 cm³/mol.